The second-order valence-corrected chi connectivity index (χ2v) is 5.34. The average molecular weight is 254 g/mol. The Morgan fingerprint density at radius 3 is 2.06 bits per heavy atom. The molecule has 0 fully saturated rings. The van der Waals surface area contributed by atoms with Gasteiger partial charge in [-0.15, -0.1) is 0 Å². The highest BCUT2D eigenvalue weighted by Gasteiger charge is 2.26. The van der Waals surface area contributed by atoms with Gasteiger partial charge in [-0.05, 0) is 32.6 Å². The first-order valence-electron chi connectivity index (χ1n) is 7.43. The smallest absolute Gasteiger partial charge is 0.330 e. The van der Waals surface area contributed by atoms with Crippen LogP contribution in [0.25, 0.3) is 0 Å². The third-order valence-corrected chi connectivity index (χ3v) is 3.38. The number of hydrogen-bond donors (Lipinski definition) is 0. The fourth-order valence-electron chi connectivity index (χ4n) is 2.19. The summed E-state index contributed by atoms with van der Waals surface area (Å²) in [5, 5.41) is 0. The molecule has 0 saturated heterocycles. The molecule has 0 spiro atoms. The van der Waals surface area contributed by atoms with Gasteiger partial charge in [0.15, 0.2) is 0 Å². The maximum atomic E-state index is 11.4. The largest absolute Gasteiger partial charge is 0.456 e. The first-order valence-corrected chi connectivity index (χ1v) is 7.43. The number of ether oxygens (including phenoxy) is 1. The van der Waals surface area contributed by atoms with Gasteiger partial charge < -0.3 is 4.74 Å². The molecule has 106 valence electrons. The van der Waals surface area contributed by atoms with Crippen LogP contribution in [0.1, 0.15) is 78.6 Å². The van der Waals surface area contributed by atoms with Crippen LogP contribution in [0.4, 0.5) is 0 Å². The number of carbonyl (C=O) groups is 1. The quantitative estimate of drug-likeness (QED) is 0.294. The molecule has 0 radical (unpaired) electrons. The topological polar surface area (TPSA) is 26.3 Å². The number of rotatable bonds is 11. The van der Waals surface area contributed by atoms with Crippen molar-refractivity contribution in [1.29, 1.82) is 0 Å². The van der Waals surface area contributed by atoms with E-state index in [0.29, 0.717) is 0 Å². The lowest BCUT2D eigenvalue weighted by Gasteiger charge is -2.29. The number of carbonyl (C=O) groups excluding carboxylic acids is 1. The lowest BCUT2D eigenvalue weighted by atomic mass is 9.91. The Balaban J connectivity index is 4.19. The molecule has 0 heterocycles. The highest BCUT2D eigenvalue weighted by Crippen LogP contribution is 2.26. The van der Waals surface area contributed by atoms with E-state index in [1.54, 1.807) is 0 Å². The van der Waals surface area contributed by atoms with E-state index in [1.165, 1.54) is 38.2 Å². The van der Waals surface area contributed by atoms with Crippen LogP contribution in [0.5, 0.6) is 0 Å². The average Bonchev–Trinajstić information content (AvgIpc) is 2.35. The molecule has 2 heteroatoms. The summed E-state index contributed by atoms with van der Waals surface area (Å²) in [5.41, 5.74) is -0.297. The second kappa shape index (κ2) is 10.2. The van der Waals surface area contributed by atoms with Gasteiger partial charge in [0.05, 0.1) is 0 Å². The third kappa shape index (κ3) is 8.32. The van der Waals surface area contributed by atoms with Crippen molar-refractivity contribution in [3.63, 3.8) is 0 Å². The molecule has 1 unspecified atom stereocenters. The molecule has 0 aliphatic carbocycles. The molecular formula is C16H30O2. The van der Waals surface area contributed by atoms with Crippen LogP contribution in [0, 0.1) is 0 Å². The van der Waals surface area contributed by atoms with E-state index in [9.17, 15) is 4.79 Å². The minimum absolute atomic E-state index is 0.288. The van der Waals surface area contributed by atoms with Gasteiger partial charge in [0.1, 0.15) is 5.60 Å². The Hall–Kier alpha value is -0.790. The van der Waals surface area contributed by atoms with Crippen LogP contribution < -0.4 is 0 Å². The van der Waals surface area contributed by atoms with Crippen molar-refractivity contribution in [2.24, 2.45) is 0 Å². The molecular weight excluding hydrogens is 224 g/mol. The monoisotopic (exact) mass is 254 g/mol. The van der Waals surface area contributed by atoms with Gasteiger partial charge in [-0.25, -0.2) is 4.79 Å². The zero-order chi connectivity index (χ0) is 13.9. The first-order chi connectivity index (χ1) is 8.58. The van der Waals surface area contributed by atoms with Crippen molar-refractivity contribution >= 4 is 5.97 Å². The summed E-state index contributed by atoms with van der Waals surface area (Å²) >= 11 is 0. The van der Waals surface area contributed by atoms with Crippen LogP contribution in [-0.2, 0) is 9.53 Å². The SMILES string of the molecule is C=CC(=O)OC(C)(CCCCC)CCCCCC. The molecule has 0 bridgehead atoms. The number of hydrogen-bond acceptors (Lipinski definition) is 2. The van der Waals surface area contributed by atoms with Crippen molar-refractivity contribution in [2.45, 2.75) is 84.2 Å². The first kappa shape index (κ1) is 17.2. The summed E-state index contributed by atoms with van der Waals surface area (Å²) in [6.07, 6.45) is 11.6. The Kier molecular flexibility index (Phi) is 9.72. The summed E-state index contributed by atoms with van der Waals surface area (Å²) in [4.78, 5) is 11.4. The molecule has 0 N–H and O–H groups in total. The molecule has 2 nitrogen and oxygen atoms in total. The molecule has 1 atom stereocenters. The lowest BCUT2D eigenvalue weighted by molar-refractivity contribution is -0.153. The molecule has 0 aromatic rings. The van der Waals surface area contributed by atoms with E-state index in [1.807, 2.05) is 0 Å². The van der Waals surface area contributed by atoms with Crippen molar-refractivity contribution in [2.75, 3.05) is 0 Å². The van der Waals surface area contributed by atoms with Gasteiger partial charge in [-0.3, -0.25) is 0 Å². The molecule has 0 aromatic heterocycles. The summed E-state index contributed by atoms with van der Waals surface area (Å²) in [7, 11) is 0. The van der Waals surface area contributed by atoms with Crippen LogP contribution in [0.2, 0.25) is 0 Å². The van der Waals surface area contributed by atoms with E-state index in [2.05, 4.69) is 27.4 Å². The summed E-state index contributed by atoms with van der Waals surface area (Å²) in [5.74, 6) is -0.288. The summed E-state index contributed by atoms with van der Waals surface area (Å²) < 4.78 is 5.56. The van der Waals surface area contributed by atoms with Crippen molar-refractivity contribution < 1.29 is 9.53 Å². The van der Waals surface area contributed by atoms with Gasteiger partial charge in [-0.1, -0.05) is 52.5 Å². The fourth-order valence-corrected chi connectivity index (χ4v) is 2.19. The predicted octanol–water partition coefficient (Wildman–Crippen LogP) is 5.03. The van der Waals surface area contributed by atoms with Crippen LogP contribution in [-0.4, -0.2) is 11.6 Å². The fraction of sp³-hybridized carbons (Fsp3) is 0.812. The third-order valence-electron chi connectivity index (χ3n) is 3.38. The Morgan fingerprint density at radius 2 is 1.56 bits per heavy atom. The standard InChI is InChI=1S/C16H30O2/c1-5-8-10-12-14-16(4,13-11-9-6-2)18-15(17)7-3/h7H,3,5-6,8-14H2,1-2,4H3. The van der Waals surface area contributed by atoms with E-state index in [4.69, 9.17) is 4.74 Å². The van der Waals surface area contributed by atoms with Gasteiger partial charge in [0, 0.05) is 6.08 Å². The van der Waals surface area contributed by atoms with Crippen molar-refractivity contribution in [1.82, 2.24) is 0 Å². The Morgan fingerprint density at radius 1 is 1.06 bits per heavy atom. The second-order valence-electron chi connectivity index (χ2n) is 5.34. The van der Waals surface area contributed by atoms with Crippen LogP contribution >= 0.6 is 0 Å². The lowest BCUT2D eigenvalue weighted by Crippen LogP contribution is -2.31. The molecule has 0 aliphatic heterocycles. The van der Waals surface area contributed by atoms with Gasteiger partial charge >= 0.3 is 5.97 Å². The highest BCUT2D eigenvalue weighted by molar-refractivity contribution is 5.81. The normalized spacial score (nSPS) is 13.9. The predicted molar refractivity (Wildman–Crippen MR) is 77.6 cm³/mol. The van der Waals surface area contributed by atoms with E-state index in [0.717, 1.165) is 25.7 Å². The molecule has 0 rings (SSSR count). The molecule has 0 amide bonds. The summed E-state index contributed by atoms with van der Waals surface area (Å²) in [6.45, 7) is 9.94. The Bertz CT molecular complexity index is 235. The zero-order valence-corrected chi connectivity index (χ0v) is 12.5. The van der Waals surface area contributed by atoms with E-state index < -0.39 is 0 Å². The van der Waals surface area contributed by atoms with Crippen molar-refractivity contribution in [3.8, 4) is 0 Å². The van der Waals surface area contributed by atoms with Crippen molar-refractivity contribution in [3.05, 3.63) is 12.7 Å². The van der Waals surface area contributed by atoms with E-state index in [-0.39, 0.29) is 11.6 Å². The molecule has 0 aromatic carbocycles. The minimum Gasteiger partial charge on any atom is -0.456 e. The maximum Gasteiger partial charge on any atom is 0.330 e. The zero-order valence-electron chi connectivity index (χ0n) is 12.5. The van der Waals surface area contributed by atoms with E-state index >= 15 is 0 Å². The molecule has 0 saturated carbocycles. The van der Waals surface area contributed by atoms with Crippen LogP contribution in [0.3, 0.4) is 0 Å². The summed E-state index contributed by atoms with van der Waals surface area (Å²) in [6, 6.07) is 0. The maximum absolute atomic E-state index is 11.4. The molecule has 18 heavy (non-hydrogen) atoms. The van der Waals surface area contributed by atoms with Crippen LogP contribution in [0.15, 0.2) is 12.7 Å². The molecule has 0 aliphatic rings. The van der Waals surface area contributed by atoms with Gasteiger partial charge in [0.2, 0.25) is 0 Å². The highest BCUT2D eigenvalue weighted by atomic mass is 16.6. The van der Waals surface area contributed by atoms with Gasteiger partial charge in [0.25, 0.3) is 0 Å². The van der Waals surface area contributed by atoms with Gasteiger partial charge in [-0.2, -0.15) is 0 Å². The number of unbranched alkanes of at least 4 members (excludes halogenated alkanes) is 5. The number of esters is 1. The Labute approximate surface area is 113 Å². The minimum atomic E-state index is -0.297.